The van der Waals surface area contributed by atoms with Crippen molar-refractivity contribution in [2.24, 2.45) is 0 Å². The molecular weight excluding hydrogens is 376 g/mol. The van der Waals surface area contributed by atoms with Crippen LogP contribution in [-0.4, -0.2) is 48.2 Å². The van der Waals surface area contributed by atoms with Crippen LogP contribution in [0.1, 0.15) is 43.5 Å². The zero-order valence-electron chi connectivity index (χ0n) is 16.2. The first-order valence-electron chi connectivity index (χ1n) is 9.85. The summed E-state index contributed by atoms with van der Waals surface area (Å²) < 4.78 is 11.5. The molecule has 1 aromatic heterocycles. The normalized spacial score (nSPS) is 16.6. The Hall–Kier alpha value is -1.95. The van der Waals surface area contributed by atoms with Crippen LogP contribution < -0.4 is 0 Å². The fraction of sp³-hybridized carbons (Fsp3) is 0.455. The standard InChI is InChI=1S/C22H27ClN2O3/c1-2-27-21(26)12-16-25-14-10-19(11-15-25)28-22(20-5-3-4-13-24-20)17-6-8-18(23)9-7-17/h3-9,13,19,22H,2,10-12,14-16H2,1H3. The molecule has 2 aromatic rings. The van der Waals surface area contributed by atoms with E-state index in [4.69, 9.17) is 21.1 Å². The van der Waals surface area contributed by atoms with Crippen molar-refractivity contribution in [3.8, 4) is 0 Å². The highest BCUT2D eigenvalue weighted by molar-refractivity contribution is 6.30. The molecule has 0 aliphatic carbocycles. The number of ether oxygens (including phenoxy) is 2. The van der Waals surface area contributed by atoms with Gasteiger partial charge in [0.05, 0.1) is 24.8 Å². The molecule has 5 nitrogen and oxygen atoms in total. The Labute approximate surface area is 171 Å². The molecule has 28 heavy (non-hydrogen) atoms. The lowest BCUT2D eigenvalue weighted by Gasteiger charge is -2.33. The first-order valence-corrected chi connectivity index (χ1v) is 10.2. The summed E-state index contributed by atoms with van der Waals surface area (Å²) in [6.07, 6.45) is 4.04. The van der Waals surface area contributed by atoms with Gasteiger partial charge in [-0.2, -0.15) is 0 Å². The van der Waals surface area contributed by atoms with E-state index >= 15 is 0 Å². The van der Waals surface area contributed by atoms with Gasteiger partial charge in [0.1, 0.15) is 6.10 Å². The Balaban J connectivity index is 1.58. The number of hydrogen-bond donors (Lipinski definition) is 0. The number of pyridine rings is 1. The molecular formula is C22H27ClN2O3. The van der Waals surface area contributed by atoms with E-state index in [0.29, 0.717) is 18.1 Å². The number of hydrogen-bond acceptors (Lipinski definition) is 5. The summed E-state index contributed by atoms with van der Waals surface area (Å²) in [5, 5.41) is 0.707. The van der Waals surface area contributed by atoms with Crippen molar-refractivity contribution < 1.29 is 14.3 Å². The molecule has 0 spiro atoms. The van der Waals surface area contributed by atoms with Crippen LogP contribution in [0.25, 0.3) is 0 Å². The molecule has 1 saturated heterocycles. The van der Waals surface area contributed by atoms with Gasteiger partial charge in [-0.3, -0.25) is 9.78 Å². The molecule has 150 valence electrons. The van der Waals surface area contributed by atoms with Crippen LogP contribution in [0.3, 0.4) is 0 Å². The number of carbonyl (C=O) groups excluding carboxylic acids is 1. The van der Waals surface area contributed by atoms with Crippen LogP contribution in [0.2, 0.25) is 5.02 Å². The van der Waals surface area contributed by atoms with Crippen molar-refractivity contribution in [3.05, 3.63) is 64.9 Å². The SMILES string of the molecule is CCOC(=O)CCN1CCC(OC(c2ccc(Cl)cc2)c2ccccn2)CC1. The first-order chi connectivity index (χ1) is 13.7. The van der Waals surface area contributed by atoms with E-state index in [1.807, 2.05) is 49.4 Å². The van der Waals surface area contributed by atoms with E-state index in [9.17, 15) is 4.79 Å². The van der Waals surface area contributed by atoms with E-state index in [1.165, 1.54) is 0 Å². The molecule has 0 bridgehead atoms. The van der Waals surface area contributed by atoms with E-state index in [0.717, 1.165) is 43.7 Å². The Bertz CT molecular complexity index is 731. The van der Waals surface area contributed by atoms with Gasteiger partial charge >= 0.3 is 5.97 Å². The van der Waals surface area contributed by atoms with Crippen molar-refractivity contribution in [1.29, 1.82) is 0 Å². The summed E-state index contributed by atoms with van der Waals surface area (Å²) in [7, 11) is 0. The van der Waals surface area contributed by atoms with Gasteiger partial charge in [-0.15, -0.1) is 0 Å². The average molecular weight is 403 g/mol. The molecule has 1 fully saturated rings. The van der Waals surface area contributed by atoms with Crippen molar-refractivity contribution in [1.82, 2.24) is 9.88 Å². The van der Waals surface area contributed by atoms with Gasteiger partial charge in [-0.25, -0.2) is 0 Å². The smallest absolute Gasteiger partial charge is 0.307 e. The minimum absolute atomic E-state index is 0.126. The van der Waals surface area contributed by atoms with E-state index in [1.54, 1.807) is 6.20 Å². The first kappa shape index (κ1) is 20.8. The molecule has 6 heteroatoms. The summed E-state index contributed by atoms with van der Waals surface area (Å²) in [6.45, 7) is 4.85. The van der Waals surface area contributed by atoms with Crippen molar-refractivity contribution in [3.63, 3.8) is 0 Å². The van der Waals surface area contributed by atoms with Crippen molar-refractivity contribution >= 4 is 17.6 Å². The predicted molar refractivity (Wildman–Crippen MR) is 109 cm³/mol. The highest BCUT2D eigenvalue weighted by Gasteiger charge is 2.25. The lowest BCUT2D eigenvalue weighted by Crippen LogP contribution is -2.38. The second-order valence-corrected chi connectivity index (χ2v) is 7.35. The summed E-state index contributed by atoms with van der Waals surface area (Å²) in [5.41, 5.74) is 1.95. The van der Waals surface area contributed by atoms with Crippen LogP contribution in [0.15, 0.2) is 48.7 Å². The van der Waals surface area contributed by atoms with Gasteiger partial charge in [-0.1, -0.05) is 29.8 Å². The zero-order chi connectivity index (χ0) is 19.8. The number of carbonyl (C=O) groups is 1. The Morgan fingerprint density at radius 3 is 2.61 bits per heavy atom. The fourth-order valence-corrected chi connectivity index (χ4v) is 3.56. The predicted octanol–water partition coefficient (Wildman–Crippen LogP) is 4.26. The average Bonchev–Trinajstić information content (AvgIpc) is 2.73. The molecule has 0 amide bonds. The number of likely N-dealkylation sites (tertiary alicyclic amines) is 1. The number of aromatic nitrogens is 1. The summed E-state index contributed by atoms with van der Waals surface area (Å²) in [4.78, 5) is 18.3. The number of rotatable bonds is 8. The molecule has 0 radical (unpaired) electrons. The number of piperidine rings is 1. The number of halogens is 1. The molecule has 1 aromatic carbocycles. The fourth-order valence-electron chi connectivity index (χ4n) is 3.43. The summed E-state index contributed by atoms with van der Waals surface area (Å²) in [5.74, 6) is -0.126. The maximum absolute atomic E-state index is 11.5. The maximum atomic E-state index is 11.5. The third kappa shape index (κ3) is 6.03. The number of nitrogens with zero attached hydrogens (tertiary/aromatic N) is 2. The minimum Gasteiger partial charge on any atom is -0.466 e. The van der Waals surface area contributed by atoms with Gasteiger partial charge in [-0.05, 0) is 49.6 Å². The Morgan fingerprint density at radius 2 is 1.96 bits per heavy atom. The van der Waals surface area contributed by atoms with Crippen LogP contribution >= 0.6 is 11.6 Å². The lowest BCUT2D eigenvalue weighted by molar-refractivity contribution is -0.143. The highest BCUT2D eigenvalue weighted by atomic mass is 35.5. The molecule has 3 rings (SSSR count). The van der Waals surface area contributed by atoms with E-state index < -0.39 is 0 Å². The maximum Gasteiger partial charge on any atom is 0.307 e. The van der Waals surface area contributed by atoms with Crippen molar-refractivity contribution in [2.45, 2.75) is 38.4 Å². The number of benzene rings is 1. The zero-order valence-corrected chi connectivity index (χ0v) is 17.0. The molecule has 1 aliphatic rings. The van der Waals surface area contributed by atoms with Crippen LogP contribution in [0, 0.1) is 0 Å². The summed E-state index contributed by atoms with van der Waals surface area (Å²) in [6, 6.07) is 13.6. The molecule has 1 unspecified atom stereocenters. The summed E-state index contributed by atoms with van der Waals surface area (Å²) >= 11 is 6.05. The van der Waals surface area contributed by atoms with Gasteiger partial charge in [0.25, 0.3) is 0 Å². The minimum atomic E-state index is -0.213. The monoisotopic (exact) mass is 402 g/mol. The van der Waals surface area contributed by atoms with Gasteiger partial charge < -0.3 is 14.4 Å². The highest BCUT2D eigenvalue weighted by Crippen LogP contribution is 2.29. The molecule has 2 heterocycles. The van der Waals surface area contributed by atoms with Crippen LogP contribution in [0.5, 0.6) is 0 Å². The largest absolute Gasteiger partial charge is 0.466 e. The Kier molecular flexibility index (Phi) is 7.83. The van der Waals surface area contributed by atoms with Gasteiger partial charge in [0.15, 0.2) is 0 Å². The quantitative estimate of drug-likeness (QED) is 0.617. The second kappa shape index (κ2) is 10.6. The number of esters is 1. The Morgan fingerprint density at radius 1 is 1.21 bits per heavy atom. The second-order valence-electron chi connectivity index (χ2n) is 6.92. The third-order valence-electron chi connectivity index (χ3n) is 4.93. The topological polar surface area (TPSA) is 51.7 Å². The molecule has 1 atom stereocenters. The van der Waals surface area contributed by atoms with Gasteiger partial charge in [0, 0.05) is 30.9 Å². The molecule has 1 aliphatic heterocycles. The molecule has 0 N–H and O–H groups in total. The molecule has 0 saturated carbocycles. The van der Waals surface area contributed by atoms with E-state index in [2.05, 4.69) is 9.88 Å². The lowest BCUT2D eigenvalue weighted by atomic mass is 10.0. The third-order valence-corrected chi connectivity index (χ3v) is 5.18. The van der Waals surface area contributed by atoms with Crippen molar-refractivity contribution in [2.75, 3.05) is 26.2 Å². The van der Waals surface area contributed by atoms with E-state index in [-0.39, 0.29) is 18.2 Å². The van der Waals surface area contributed by atoms with Crippen LogP contribution in [-0.2, 0) is 14.3 Å². The van der Waals surface area contributed by atoms with Crippen LogP contribution in [0.4, 0.5) is 0 Å². The van der Waals surface area contributed by atoms with Gasteiger partial charge in [0.2, 0.25) is 0 Å².